The van der Waals surface area contributed by atoms with Gasteiger partial charge in [0.1, 0.15) is 0 Å². The largest absolute Gasteiger partial charge is 0.493 e. The van der Waals surface area contributed by atoms with Gasteiger partial charge in [-0.25, -0.2) is 0 Å². The lowest BCUT2D eigenvalue weighted by Crippen LogP contribution is -2.40. The van der Waals surface area contributed by atoms with Gasteiger partial charge < -0.3 is 25.8 Å². The van der Waals surface area contributed by atoms with Gasteiger partial charge in [0.05, 0.1) is 32.3 Å². The molecule has 0 aliphatic carbocycles. The average Bonchev–Trinajstić information content (AvgIpc) is 2.52. The maximum absolute atomic E-state index is 11.8. The fourth-order valence-corrected chi connectivity index (χ4v) is 1.93. The summed E-state index contributed by atoms with van der Waals surface area (Å²) in [5.41, 5.74) is 6.03. The van der Waals surface area contributed by atoms with Crippen molar-refractivity contribution in [1.82, 2.24) is 10.6 Å². The Balaban J connectivity index is 0.00000529. The van der Waals surface area contributed by atoms with Gasteiger partial charge in [-0.15, -0.1) is 12.4 Å². The molecule has 24 heavy (non-hydrogen) atoms. The standard InChI is InChI=1S/C16H25N3O4.ClH/c1-10(2)23-13-6-5-12(7-14(13)22-4)11(3)19-16(21)9-18-15(20)8-17;/h5-7,10-11H,8-9,17H2,1-4H3,(H,18,20)(H,19,21);1H. The van der Waals surface area contributed by atoms with Gasteiger partial charge >= 0.3 is 0 Å². The average molecular weight is 360 g/mol. The summed E-state index contributed by atoms with van der Waals surface area (Å²) in [6.07, 6.45) is 0.0398. The molecule has 1 aromatic rings. The third-order valence-corrected chi connectivity index (χ3v) is 3.06. The topological polar surface area (TPSA) is 103 Å². The fraction of sp³-hybridized carbons (Fsp3) is 0.500. The second kappa shape index (κ2) is 10.7. The molecule has 0 aliphatic heterocycles. The van der Waals surface area contributed by atoms with Crippen molar-refractivity contribution in [3.63, 3.8) is 0 Å². The fourth-order valence-electron chi connectivity index (χ4n) is 1.93. The molecule has 0 saturated heterocycles. The summed E-state index contributed by atoms with van der Waals surface area (Å²) in [5.74, 6) is 0.596. The second-order valence-corrected chi connectivity index (χ2v) is 5.35. The van der Waals surface area contributed by atoms with Crippen LogP contribution in [-0.4, -0.2) is 38.1 Å². The van der Waals surface area contributed by atoms with Crippen LogP contribution in [-0.2, 0) is 9.59 Å². The first-order valence-electron chi connectivity index (χ1n) is 7.48. The highest BCUT2D eigenvalue weighted by molar-refractivity contribution is 5.85. The van der Waals surface area contributed by atoms with Crippen LogP contribution in [0, 0.1) is 0 Å². The van der Waals surface area contributed by atoms with Gasteiger partial charge in [-0.2, -0.15) is 0 Å². The Hall–Kier alpha value is -1.99. The summed E-state index contributed by atoms with van der Waals surface area (Å²) in [7, 11) is 1.57. The van der Waals surface area contributed by atoms with Crippen molar-refractivity contribution in [2.45, 2.75) is 32.9 Å². The lowest BCUT2D eigenvalue weighted by Gasteiger charge is -2.18. The summed E-state index contributed by atoms with van der Waals surface area (Å²) in [5, 5.41) is 5.22. The van der Waals surface area contributed by atoms with E-state index in [0.717, 1.165) is 5.56 Å². The van der Waals surface area contributed by atoms with Gasteiger partial charge in [0.25, 0.3) is 0 Å². The third kappa shape index (κ3) is 7.06. The van der Waals surface area contributed by atoms with E-state index in [1.54, 1.807) is 7.11 Å². The van der Waals surface area contributed by atoms with Crippen molar-refractivity contribution < 1.29 is 19.1 Å². The highest BCUT2D eigenvalue weighted by Gasteiger charge is 2.14. The number of carbonyl (C=O) groups is 2. The van der Waals surface area contributed by atoms with E-state index in [0.29, 0.717) is 11.5 Å². The number of hydrogen-bond donors (Lipinski definition) is 3. The quantitative estimate of drug-likeness (QED) is 0.646. The molecule has 1 unspecified atom stereocenters. The summed E-state index contributed by atoms with van der Waals surface area (Å²) in [6.45, 7) is 5.47. The smallest absolute Gasteiger partial charge is 0.239 e. The van der Waals surface area contributed by atoms with Gasteiger partial charge in [-0.1, -0.05) is 6.07 Å². The maximum Gasteiger partial charge on any atom is 0.239 e. The first-order chi connectivity index (χ1) is 10.9. The van der Waals surface area contributed by atoms with Crippen LogP contribution in [0.2, 0.25) is 0 Å². The lowest BCUT2D eigenvalue weighted by molar-refractivity contribution is -0.125. The number of methoxy groups -OCH3 is 1. The SMILES string of the molecule is COc1cc(C(C)NC(=O)CNC(=O)CN)ccc1OC(C)C.Cl. The van der Waals surface area contributed by atoms with Crippen molar-refractivity contribution >= 4 is 24.2 Å². The Labute approximate surface area is 148 Å². The zero-order valence-electron chi connectivity index (χ0n) is 14.4. The molecule has 0 aliphatic rings. The molecule has 1 aromatic carbocycles. The highest BCUT2D eigenvalue weighted by Crippen LogP contribution is 2.31. The van der Waals surface area contributed by atoms with E-state index in [1.807, 2.05) is 39.0 Å². The van der Waals surface area contributed by atoms with E-state index >= 15 is 0 Å². The molecular formula is C16H26ClN3O4. The first kappa shape index (κ1) is 22.0. The van der Waals surface area contributed by atoms with Gasteiger partial charge in [0.2, 0.25) is 11.8 Å². The van der Waals surface area contributed by atoms with Crippen LogP contribution < -0.4 is 25.8 Å². The van der Waals surface area contributed by atoms with E-state index in [2.05, 4.69) is 10.6 Å². The Morgan fingerprint density at radius 1 is 1.17 bits per heavy atom. The van der Waals surface area contributed by atoms with Gasteiger partial charge in [0.15, 0.2) is 11.5 Å². The molecule has 0 spiro atoms. The first-order valence-corrected chi connectivity index (χ1v) is 7.48. The summed E-state index contributed by atoms with van der Waals surface area (Å²) >= 11 is 0. The van der Waals surface area contributed by atoms with Gasteiger partial charge in [-0.3, -0.25) is 9.59 Å². The minimum absolute atomic E-state index is 0. The molecule has 0 aromatic heterocycles. The predicted molar refractivity (Wildman–Crippen MR) is 94.6 cm³/mol. The van der Waals surface area contributed by atoms with E-state index in [1.165, 1.54) is 0 Å². The number of nitrogens with two attached hydrogens (primary N) is 1. The van der Waals surface area contributed by atoms with E-state index in [4.69, 9.17) is 15.2 Å². The number of ether oxygens (including phenoxy) is 2. The Morgan fingerprint density at radius 3 is 2.38 bits per heavy atom. The molecule has 7 nitrogen and oxygen atoms in total. The highest BCUT2D eigenvalue weighted by atomic mass is 35.5. The molecule has 0 radical (unpaired) electrons. The molecule has 8 heteroatoms. The molecule has 2 amide bonds. The van der Waals surface area contributed by atoms with Crippen LogP contribution in [0.4, 0.5) is 0 Å². The molecule has 0 heterocycles. The number of benzene rings is 1. The van der Waals surface area contributed by atoms with Crippen molar-refractivity contribution in [3.05, 3.63) is 23.8 Å². The molecular weight excluding hydrogens is 334 g/mol. The number of rotatable bonds is 8. The van der Waals surface area contributed by atoms with Crippen LogP contribution in [0.25, 0.3) is 0 Å². The number of nitrogens with one attached hydrogen (secondary N) is 2. The molecule has 0 bridgehead atoms. The Kier molecular flexibility index (Phi) is 9.83. The van der Waals surface area contributed by atoms with Crippen molar-refractivity contribution in [2.75, 3.05) is 20.2 Å². The molecule has 0 saturated carbocycles. The minimum atomic E-state index is -0.371. The van der Waals surface area contributed by atoms with E-state index in [-0.39, 0.29) is 49.5 Å². The maximum atomic E-state index is 11.8. The number of amides is 2. The molecule has 1 rings (SSSR count). The van der Waals surface area contributed by atoms with E-state index in [9.17, 15) is 9.59 Å². The normalized spacial score (nSPS) is 11.2. The summed E-state index contributed by atoms with van der Waals surface area (Å²) in [4.78, 5) is 22.8. The van der Waals surface area contributed by atoms with Crippen LogP contribution in [0.15, 0.2) is 18.2 Å². The summed E-state index contributed by atoms with van der Waals surface area (Å²) < 4.78 is 11.0. The van der Waals surface area contributed by atoms with Crippen LogP contribution in [0.1, 0.15) is 32.4 Å². The molecule has 1 atom stereocenters. The Bertz CT molecular complexity index is 552. The number of carbonyl (C=O) groups excluding carboxylic acids is 2. The second-order valence-electron chi connectivity index (χ2n) is 5.35. The molecule has 0 fully saturated rings. The lowest BCUT2D eigenvalue weighted by atomic mass is 10.1. The van der Waals surface area contributed by atoms with Gasteiger partial charge in [-0.05, 0) is 38.5 Å². The van der Waals surface area contributed by atoms with Crippen LogP contribution in [0.5, 0.6) is 11.5 Å². The van der Waals surface area contributed by atoms with E-state index < -0.39 is 0 Å². The van der Waals surface area contributed by atoms with Crippen LogP contribution >= 0.6 is 12.4 Å². The predicted octanol–water partition coefficient (Wildman–Crippen LogP) is 1.16. The minimum Gasteiger partial charge on any atom is -0.493 e. The zero-order valence-corrected chi connectivity index (χ0v) is 15.2. The summed E-state index contributed by atoms with van der Waals surface area (Å²) in [6, 6.07) is 5.26. The molecule has 136 valence electrons. The van der Waals surface area contributed by atoms with Crippen molar-refractivity contribution in [3.8, 4) is 11.5 Å². The molecule has 4 N–H and O–H groups in total. The Morgan fingerprint density at radius 2 is 1.83 bits per heavy atom. The number of halogens is 1. The van der Waals surface area contributed by atoms with Crippen molar-refractivity contribution in [2.24, 2.45) is 5.73 Å². The zero-order chi connectivity index (χ0) is 17.4. The monoisotopic (exact) mass is 359 g/mol. The van der Waals surface area contributed by atoms with Gasteiger partial charge in [0, 0.05) is 0 Å². The van der Waals surface area contributed by atoms with Crippen LogP contribution in [0.3, 0.4) is 0 Å². The number of hydrogen-bond acceptors (Lipinski definition) is 5. The van der Waals surface area contributed by atoms with Crippen molar-refractivity contribution in [1.29, 1.82) is 0 Å². The third-order valence-electron chi connectivity index (χ3n) is 3.06.